The fourth-order valence-corrected chi connectivity index (χ4v) is 2.75. The first kappa shape index (κ1) is 11.4. The zero-order valence-electron chi connectivity index (χ0n) is 9.66. The Labute approximate surface area is 99.9 Å². The van der Waals surface area contributed by atoms with Crippen LogP contribution in [0.2, 0.25) is 0 Å². The summed E-state index contributed by atoms with van der Waals surface area (Å²) in [4.78, 5) is 7.87. The van der Waals surface area contributed by atoms with Gasteiger partial charge >= 0.3 is 0 Å². The molecular weight excluding hydrogens is 218 g/mol. The van der Waals surface area contributed by atoms with Crippen molar-refractivity contribution < 1.29 is 0 Å². The number of nitrogens with one attached hydrogen (secondary N) is 2. The van der Waals surface area contributed by atoms with Crippen molar-refractivity contribution in [2.75, 3.05) is 13.6 Å². The molecule has 16 heavy (non-hydrogen) atoms. The molecule has 0 spiro atoms. The summed E-state index contributed by atoms with van der Waals surface area (Å²) >= 11 is 1.75. The zero-order valence-corrected chi connectivity index (χ0v) is 10.5. The highest BCUT2D eigenvalue weighted by Gasteiger charge is 2.13. The molecule has 0 aliphatic heterocycles. The Bertz CT molecular complexity index is 419. The molecule has 0 amide bonds. The lowest BCUT2D eigenvalue weighted by Gasteiger charge is -2.10. The Balaban J connectivity index is 2.18. The third-order valence-corrected chi connectivity index (χ3v) is 3.70. The molecule has 3 nitrogen and oxygen atoms in total. The van der Waals surface area contributed by atoms with Crippen LogP contribution in [0.15, 0.2) is 23.7 Å². The summed E-state index contributed by atoms with van der Waals surface area (Å²) in [6.07, 6.45) is 3.05. The Hall–Kier alpha value is -1.13. The number of H-pyrrole nitrogens is 1. The standard InChI is InChI=1S/C12H17N3S/c1-3-9(7-13-2)12-15-11(8-16-12)10-5-4-6-14-10/h4-6,8-9,13-14H,3,7H2,1-2H3. The van der Waals surface area contributed by atoms with Crippen LogP contribution in [0.25, 0.3) is 11.4 Å². The summed E-state index contributed by atoms with van der Waals surface area (Å²) in [5, 5.41) is 6.57. The summed E-state index contributed by atoms with van der Waals surface area (Å²) in [6, 6.07) is 4.05. The molecular formula is C12H17N3S. The van der Waals surface area contributed by atoms with Gasteiger partial charge in [-0.2, -0.15) is 0 Å². The number of hydrogen-bond acceptors (Lipinski definition) is 3. The van der Waals surface area contributed by atoms with Crippen LogP contribution in [0.4, 0.5) is 0 Å². The zero-order chi connectivity index (χ0) is 11.4. The smallest absolute Gasteiger partial charge is 0.0976 e. The van der Waals surface area contributed by atoms with Gasteiger partial charge in [0.2, 0.25) is 0 Å². The van der Waals surface area contributed by atoms with E-state index in [4.69, 9.17) is 0 Å². The van der Waals surface area contributed by atoms with E-state index in [9.17, 15) is 0 Å². The monoisotopic (exact) mass is 235 g/mol. The topological polar surface area (TPSA) is 40.7 Å². The maximum Gasteiger partial charge on any atom is 0.0976 e. The number of hydrogen-bond donors (Lipinski definition) is 2. The lowest BCUT2D eigenvalue weighted by Crippen LogP contribution is -2.16. The molecule has 2 aromatic rings. The molecule has 0 radical (unpaired) electrons. The molecule has 1 unspecified atom stereocenters. The van der Waals surface area contributed by atoms with Crippen molar-refractivity contribution in [1.82, 2.24) is 15.3 Å². The highest BCUT2D eigenvalue weighted by Crippen LogP contribution is 2.26. The number of nitrogens with zero attached hydrogens (tertiary/aromatic N) is 1. The Morgan fingerprint density at radius 1 is 1.56 bits per heavy atom. The number of aromatic amines is 1. The van der Waals surface area contributed by atoms with Gasteiger partial charge in [-0.15, -0.1) is 11.3 Å². The van der Waals surface area contributed by atoms with Crippen molar-refractivity contribution in [2.45, 2.75) is 19.3 Å². The normalized spacial score (nSPS) is 12.9. The molecule has 1 atom stereocenters. The van der Waals surface area contributed by atoms with Crippen LogP contribution >= 0.6 is 11.3 Å². The third kappa shape index (κ3) is 2.33. The average molecular weight is 235 g/mol. The van der Waals surface area contributed by atoms with Crippen LogP contribution in [0, 0.1) is 0 Å². The van der Waals surface area contributed by atoms with Crippen LogP contribution < -0.4 is 5.32 Å². The van der Waals surface area contributed by atoms with Gasteiger partial charge < -0.3 is 10.3 Å². The highest BCUT2D eigenvalue weighted by molar-refractivity contribution is 7.10. The average Bonchev–Trinajstić information content (AvgIpc) is 2.95. The van der Waals surface area contributed by atoms with E-state index in [0.717, 1.165) is 24.4 Å². The summed E-state index contributed by atoms with van der Waals surface area (Å²) < 4.78 is 0. The van der Waals surface area contributed by atoms with E-state index >= 15 is 0 Å². The number of likely N-dealkylation sites (N-methyl/N-ethyl adjacent to an activating group) is 1. The highest BCUT2D eigenvalue weighted by atomic mass is 32.1. The predicted molar refractivity (Wildman–Crippen MR) is 68.9 cm³/mol. The molecule has 86 valence electrons. The van der Waals surface area contributed by atoms with Gasteiger partial charge in [0.05, 0.1) is 16.4 Å². The van der Waals surface area contributed by atoms with E-state index in [0.29, 0.717) is 5.92 Å². The third-order valence-electron chi connectivity index (χ3n) is 2.69. The molecule has 0 bridgehead atoms. The van der Waals surface area contributed by atoms with Crippen LogP contribution in [0.5, 0.6) is 0 Å². The molecule has 0 aliphatic carbocycles. The van der Waals surface area contributed by atoms with Crippen molar-refractivity contribution in [3.63, 3.8) is 0 Å². The summed E-state index contributed by atoms with van der Waals surface area (Å²) in [5.74, 6) is 0.527. The SMILES string of the molecule is CCC(CNC)c1nc(-c2ccc[nH]2)cs1. The van der Waals surface area contributed by atoms with Crippen molar-refractivity contribution in [2.24, 2.45) is 0 Å². The van der Waals surface area contributed by atoms with Crippen LogP contribution in [0.1, 0.15) is 24.3 Å². The molecule has 0 aliphatic rings. The van der Waals surface area contributed by atoms with E-state index in [1.807, 2.05) is 19.3 Å². The van der Waals surface area contributed by atoms with Gasteiger partial charge in [-0.1, -0.05) is 6.92 Å². The van der Waals surface area contributed by atoms with Crippen molar-refractivity contribution >= 4 is 11.3 Å². The molecule has 0 fully saturated rings. The van der Waals surface area contributed by atoms with Gasteiger partial charge in [0.25, 0.3) is 0 Å². The van der Waals surface area contributed by atoms with Gasteiger partial charge in [0, 0.05) is 24.0 Å². The molecule has 2 aromatic heterocycles. The van der Waals surface area contributed by atoms with Gasteiger partial charge in [-0.05, 0) is 25.6 Å². The maximum atomic E-state index is 4.69. The second-order valence-corrected chi connectivity index (χ2v) is 4.71. The molecule has 0 saturated heterocycles. The second-order valence-electron chi connectivity index (χ2n) is 3.82. The van der Waals surface area contributed by atoms with Crippen molar-refractivity contribution in [3.05, 3.63) is 28.7 Å². The fraction of sp³-hybridized carbons (Fsp3) is 0.417. The van der Waals surface area contributed by atoms with Crippen LogP contribution in [-0.4, -0.2) is 23.6 Å². The predicted octanol–water partition coefficient (Wildman–Crippen LogP) is 2.85. The number of thiazole rings is 1. The van der Waals surface area contributed by atoms with Crippen molar-refractivity contribution in [3.8, 4) is 11.4 Å². The quantitative estimate of drug-likeness (QED) is 0.836. The van der Waals surface area contributed by atoms with E-state index in [2.05, 4.69) is 33.7 Å². The summed E-state index contributed by atoms with van der Waals surface area (Å²) in [7, 11) is 1.99. The van der Waals surface area contributed by atoms with Crippen molar-refractivity contribution in [1.29, 1.82) is 0 Å². The number of aromatic nitrogens is 2. The molecule has 2 rings (SSSR count). The van der Waals surface area contributed by atoms with E-state index < -0.39 is 0 Å². The van der Waals surface area contributed by atoms with E-state index in [-0.39, 0.29) is 0 Å². The molecule has 2 N–H and O–H groups in total. The molecule has 0 aromatic carbocycles. The van der Waals surface area contributed by atoms with Crippen LogP contribution in [0.3, 0.4) is 0 Å². The van der Waals surface area contributed by atoms with Gasteiger partial charge in [-0.3, -0.25) is 0 Å². The Kier molecular flexibility index (Phi) is 3.74. The largest absolute Gasteiger partial charge is 0.360 e. The minimum Gasteiger partial charge on any atom is -0.360 e. The molecule has 0 saturated carbocycles. The minimum absolute atomic E-state index is 0.527. The molecule has 2 heterocycles. The van der Waals surface area contributed by atoms with E-state index in [1.54, 1.807) is 11.3 Å². The first-order valence-electron chi connectivity index (χ1n) is 5.59. The fourth-order valence-electron chi connectivity index (χ4n) is 1.74. The number of rotatable bonds is 5. The first-order valence-corrected chi connectivity index (χ1v) is 6.47. The Morgan fingerprint density at radius 2 is 2.44 bits per heavy atom. The lowest BCUT2D eigenvalue weighted by molar-refractivity contribution is 0.609. The van der Waals surface area contributed by atoms with Crippen LogP contribution in [-0.2, 0) is 0 Å². The maximum absolute atomic E-state index is 4.69. The second kappa shape index (κ2) is 5.27. The Morgan fingerprint density at radius 3 is 3.06 bits per heavy atom. The van der Waals surface area contributed by atoms with Gasteiger partial charge in [-0.25, -0.2) is 4.98 Å². The molecule has 4 heteroatoms. The van der Waals surface area contributed by atoms with E-state index in [1.165, 1.54) is 5.01 Å². The first-order chi connectivity index (χ1) is 7.85. The summed E-state index contributed by atoms with van der Waals surface area (Å²) in [5.41, 5.74) is 2.15. The van der Waals surface area contributed by atoms with Gasteiger partial charge in [0.1, 0.15) is 0 Å². The lowest BCUT2D eigenvalue weighted by atomic mass is 10.1. The minimum atomic E-state index is 0.527. The summed E-state index contributed by atoms with van der Waals surface area (Å²) in [6.45, 7) is 3.20. The van der Waals surface area contributed by atoms with Gasteiger partial charge in [0.15, 0.2) is 0 Å².